The van der Waals surface area contributed by atoms with E-state index >= 15 is 0 Å². The maximum atomic E-state index is 10.9. The van der Waals surface area contributed by atoms with E-state index in [4.69, 9.17) is 21.4 Å². The van der Waals surface area contributed by atoms with Crippen molar-refractivity contribution in [2.24, 2.45) is 0 Å². The van der Waals surface area contributed by atoms with E-state index in [9.17, 15) is 4.79 Å². The molecule has 0 heterocycles. The predicted octanol–water partition coefficient (Wildman–Crippen LogP) is 4.11. The van der Waals surface area contributed by atoms with Crippen molar-refractivity contribution in [1.29, 1.82) is 0 Å². The summed E-state index contributed by atoms with van der Waals surface area (Å²) >= 11 is 5.85. The summed E-state index contributed by atoms with van der Waals surface area (Å²) in [5.41, 5.74) is 1.76. The number of carboxylic acids is 1. The molecule has 1 aromatic carbocycles. The summed E-state index contributed by atoms with van der Waals surface area (Å²) in [6.45, 7) is 0. The van der Waals surface area contributed by atoms with Crippen LogP contribution >= 0.6 is 11.6 Å². The Balaban J connectivity index is 2.27. The van der Waals surface area contributed by atoms with Gasteiger partial charge in [0, 0.05) is 0 Å². The molecule has 3 nitrogen and oxygen atoms in total. The van der Waals surface area contributed by atoms with E-state index in [0.29, 0.717) is 11.5 Å². The zero-order valence-electron chi connectivity index (χ0n) is 11.1. The van der Waals surface area contributed by atoms with Gasteiger partial charge in [-0.1, -0.05) is 31.4 Å². The molecule has 2 rings (SSSR count). The number of benzene rings is 1. The van der Waals surface area contributed by atoms with Crippen LogP contribution < -0.4 is 4.74 Å². The van der Waals surface area contributed by atoms with E-state index < -0.39 is 11.3 Å². The molecule has 0 bridgehead atoms. The molecule has 1 fully saturated rings. The standard InChI is InChI=1S/C15H19ClO3/c1-19-13-9-11(14(16)15(17)18)7-8-12(13)10-5-3-2-4-6-10/h7-10,14H,2-6H2,1H3,(H,17,18). The summed E-state index contributed by atoms with van der Waals surface area (Å²) < 4.78 is 5.42. The summed E-state index contributed by atoms with van der Waals surface area (Å²) in [5.74, 6) is 0.252. The van der Waals surface area contributed by atoms with Crippen LogP contribution in [0, 0.1) is 0 Å². The van der Waals surface area contributed by atoms with Gasteiger partial charge in [0.25, 0.3) is 0 Å². The van der Waals surface area contributed by atoms with Gasteiger partial charge in [-0.2, -0.15) is 0 Å². The number of aliphatic carboxylic acids is 1. The lowest BCUT2D eigenvalue weighted by atomic mass is 9.83. The lowest BCUT2D eigenvalue weighted by Gasteiger charge is -2.24. The zero-order chi connectivity index (χ0) is 13.8. The lowest BCUT2D eigenvalue weighted by molar-refractivity contribution is -0.136. The Hall–Kier alpha value is -1.22. The number of carboxylic acid groups (broad SMARTS) is 1. The largest absolute Gasteiger partial charge is 0.496 e. The zero-order valence-corrected chi connectivity index (χ0v) is 11.8. The molecule has 4 heteroatoms. The average Bonchev–Trinajstić information content (AvgIpc) is 2.46. The summed E-state index contributed by atoms with van der Waals surface area (Å²) in [6.07, 6.45) is 6.17. The number of halogens is 1. The molecular weight excluding hydrogens is 264 g/mol. The van der Waals surface area contributed by atoms with Crippen LogP contribution in [0.4, 0.5) is 0 Å². The second kappa shape index (κ2) is 6.29. The van der Waals surface area contributed by atoms with Crippen LogP contribution in [0.3, 0.4) is 0 Å². The normalized spacial score (nSPS) is 18.0. The third-order valence-corrected chi connectivity index (χ3v) is 4.25. The first kappa shape index (κ1) is 14.2. The molecule has 19 heavy (non-hydrogen) atoms. The number of alkyl halides is 1. The van der Waals surface area contributed by atoms with Crippen molar-refractivity contribution in [2.45, 2.75) is 43.4 Å². The average molecular weight is 283 g/mol. The van der Waals surface area contributed by atoms with Crippen LogP contribution in [0.5, 0.6) is 5.75 Å². The summed E-state index contributed by atoms with van der Waals surface area (Å²) in [4.78, 5) is 10.9. The molecule has 1 unspecified atom stereocenters. The topological polar surface area (TPSA) is 46.5 Å². The number of rotatable bonds is 4. The quantitative estimate of drug-likeness (QED) is 0.846. The lowest BCUT2D eigenvalue weighted by Crippen LogP contribution is -2.09. The Bertz CT molecular complexity index is 453. The molecule has 1 aromatic rings. The highest BCUT2D eigenvalue weighted by atomic mass is 35.5. The van der Waals surface area contributed by atoms with Crippen LogP contribution in [0.25, 0.3) is 0 Å². The van der Waals surface area contributed by atoms with Crippen LogP contribution in [0.2, 0.25) is 0 Å². The van der Waals surface area contributed by atoms with Gasteiger partial charge in [0.2, 0.25) is 0 Å². The van der Waals surface area contributed by atoms with Crippen molar-refractivity contribution in [3.63, 3.8) is 0 Å². The molecule has 1 N–H and O–H groups in total. The minimum Gasteiger partial charge on any atom is -0.496 e. The molecule has 0 spiro atoms. The fourth-order valence-electron chi connectivity index (χ4n) is 2.78. The van der Waals surface area contributed by atoms with Gasteiger partial charge in [0.15, 0.2) is 5.38 Å². The number of ether oxygens (including phenoxy) is 1. The van der Waals surface area contributed by atoms with Gasteiger partial charge in [-0.25, -0.2) is 0 Å². The van der Waals surface area contributed by atoms with E-state index in [1.807, 2.05) is 6.07 Å². The second-order valence-corrected chi connectivity index (χ2v) is 5.47. The summed E-state index contributed by atoms with van der Waals surface area (Å²) in [6, 6.07) is 5.54. The second-order valence-electron chi connectivity index (χ2n) is 5.04. The highest BCUT2D eigenvalue weighted by Crippen LogP contribution is 2.39. The van der Waals surface area contributed by atoms with E-state index in [1.165, 1.54) is 37.7 Å². The first-order valence-corrected chi connectivity index (χ1v) is 7.12. The van der Waals surface area contributed by atoms with Crippen molar-refractivity contribution in [1.82, 2.24) is 0 Å². The third-order valence-electron chi connectivity index (χ3n) is 3.81. The summed E-state index contributed by atoms with van der Waals surface area (Å²) in [7, 11) is 1.62. The molecule has 1 saturated carbocycles. The van der Waals surface area contributed by atoms with Crippen LogP contribution in [0.1, 0.15) is 54.5 Å². The molecular formula is C15H19ClO3. The predicted molar refractivity (Wildman–Crippen MR) is 75.0 cm³/mol. The molecule has 1 aliphatic rings. The Morgan fingerprint density at radius 3 is 2.63 bits per heavy atom. The molecule has 0 amide bonds. The SMILES string of the molecule is COc1cc(C(Cl)C(=O)O)ccc1C1CCCCC1. The Morgan fingerprint density at radius 1 is 1.37 bits per heavy atom. The fraction of sp³-hybridized carbons (Fsp3) is 0.533. The van der Waals surface area contributed by atoms with Gasteiger partial charge >= 0.3 is 5.97 Å². The van der Waals surface area contributed by atoms with E-state index in [1.54, 1.807) is 19.2 Å². The van der Waals surface area contributed by atoms with Gasteiger partial charge in [-0.15, -0.1) is 11.6 Å². The molecule has 0 aromatic heterocycles. The number of methoxy groups -OCH3 is 1. The van der Waals surface area contributed by atoms with Gasteiger partial charge in [0.05, 0.1) is 7.11 Å². The van der Waals surface area contributed by atoms with Crippen LogP contribution in [-0.4, -0.2) is 18.2 Å². The van der Waals surface area contributed by atoms with Gasteiger partial charge in [-0.3, -0.25) is 4.79 Å². The third kappa shape index (κ3) is 3.21. The van der Waals surface area contributed by atoms with Gasteiger partial charge < -0.3 is 9.84 Å². The van der Waals surface area contributed by atoms with Crippen LogP contribution in [-0.2, 0) is 4.79 Å². The number of carbonyl (C=O) groups is 1. The highest BCUT2D eigenvalue weighted by Gasteiger charge is 2.22. The minimum absolute atomic E-state index is 0.524. The van der Waals surface area contributed by atoms with Crippen molar-refractivity contribution in [3.8, 4) is 5.75 Å². The molecule has 104 valence electrons. The van der Waals surface area contributed by atoms with Crippen LogP contribution in [0.15, 0.2) is 18.2 Å². The van der Waals surface area contributed by atoms with Crippen molar-refractivity contribution >= 4 is 17.6 Å². The first-order chi connectivity index (χ1) is 9.13. The Kier molecular flexibility index (Phi) is 4.70. The number of hydrogen-bond acceptors (Lipinski definition) is 2. The molecule has 0 radical (unpaired) electrons. The van der Waals surface area contributed by atoms with Gasteiger partial charge in [0.1, 0.15) is 5.75 Å². The Labute approximate surface area is 118 Å². The minimum atomic E-state index is -1.03. The smallest absolute Gasteiger partial charge is 0.326 e. The Morgan fingerprint density at radius 2 is 2.05 bits per heavy atom. The highest BCUT2D eigenvalue weighted by molar-refractivity contribution is 6.29. The van der Waals surface area contributed by atoms with E-state index in [0.717, 1.165) is 5.75 Å². The molecule has 1 aliphatic carbocycles. The summed E-state index contributed by atoms with van der Waals surface area (Å²) in [5, 5.41) is 7.93. The van der Waals surface area contributed by atoms with Crippen molar-refractivity contribution in [3.05, 3.63) is 29.3 Å². The maximum absolute atomic E-state index is 10.9. The van der Waals surface area contributed by atoms with E-state index in [-0.39, 0.29) is 0 Å². The van der Waals surface area contributed by atoms with Crippen molar-refractivity contribution < 1.29 is 14.6 Å². The fourth-order valence-corrected chi connectivity index (χ4v) is 2.91. The first-order valence-electron chi connectivity index (χ1n) is 6.68. The monoisotopic (exact) mass is 282 g/mol. The molecule has 1 atom stereocenters. The number of hydrogen-bond donors (Lipinski definition) is 1. The van der Waals surface area contributed by atoms with E-state index in [2.05, 4.69) is 0 Å². The molecule has 0 aliphatic heterocycles. The van der Waals surface area contributed by atoms with Crippen molar-refractivity contribution in [2.75, 3.05) is 7.11 Å². The maximum Gasteiger partial charge on any atom is 0.326 e. The molecule has 0 saturated heterocycles. The van der Waals surface area contributed by atoms with Gasteiger partial charge in [-0.05, 0) is 36.0 Å².